The minimum absolute atomic E-state index is 0.395. The number of rotatable bonds is 5. The van der Waals surface area contributed by atoms with Crippen molar-refractivity contribution in [3.05, 3.63) is 45.1 Å². The molecule has 9 nitrogen and oxygen atoms in total. The Balaban J connectivity index is 1.50. The van der Waals surface area contributed by atoms with Crippen LogP contribution < -0.4 is 16.1 Å². The van der Waals surface area contributed by atoms with Gasteiger partial charge in [-0.2, -0.15) is 4.98 Å². The first-order valence-corrected chi connectivity index (χ1v) is 11.9. The van der Waals surface area contributed by atoms with Crippen molar-refractivity contribution in [2.75, 3.05) is 23.7 Å². The van der Waals surface area contributed by atoms with Crippen LogP contribution in [0.5, 0.6) is 0 Å². The van der Waals surface area contributed by atoms with E-state index in [1.54, 1.807) is 18.8 Å². The number of nitrogens with zero attached hydrogens (tertiary/aromatic N) is 5. The zero-order valence-electron chi connectivity index (χ0n) is 18.5. The first-order chi connectivity index (χ1) is 15.4. The number of aryl methyl sites for hydroxylation is 2. The molecule has 0 radical (unpaired) electrons. The van der Waals surface area contributed by atoms with Crippen molar-refractivity contribution in [3.63, 3.8) is 0 Å². The zero-order valence-corrected chi connectivity index (χ0v) is 19.3. The molecule has 10 heteroatoms. The Morgan fingerprint density at radius 3 is 2.59 bits per heavy atom. The van der Waals surface area contributed by atoms with Gasteiger partial charge in [-0.25, -0.2) is 9.78 Å². The summed E-state index contributed by atoms with van der Waals surface area (Å²) < 4.78 is 3.38. The standard InChI is InChI=1S/C22H27N7O2S/c1-13-10-14(2)12-28(11-13)21-25-18-17(19(30)26-22(31)27(18)3)29(21)8-9-32-20-23-15-6-4-5-7-16(15)24-20/h4-7,13-14H,8-12H2,1-3H3,(H,23,24)(H,26,30,31). The van der Waals surface area contributed by atoms with Crippen LogP contribution in [-0.2, 0) is 13.6 Å². The fourth-order valence-corrected chi connectivity index (χ4v) is 5.55. The molecule has 1 aliphatic rings. The van der Waals surface area contributed by atoms with Crippen LogP contribution in [0.2, 0.25) is 0 Å². The van der Waals surface area contributed by atoms with Crippen molar-refractivity contribution < 1.29 is 0 Å². The van der Waals surface area contributed by atoms with E-state index in [1.807, 2.05) is 28.8 Å². The molecule has 0 bridgehead atoms. The lowest BCUT2D eigenvalue weighted by molar-refractivity contribution is 0.352. The zero-order chi connectivity index (χ0) is 22.4. The van der Waals surface area contributed by atoms with Crippen molar-refractivity contribution >= 4 is 39.9 Å². The van der Waals surface area contributed by atoms with E-state index in [2.05, 4.69) is 33.7 Å². The molecule has 0 aliphatic carbocycles. The highest BCUT2D eigenvalue weighted by atomic mass is 32.2. The summed E-state index contributed by atoms with van der Waals surface area (Å²) in [7, 11) is 1.65. The molecule has 3 aromatic heterocycles. The molecule has 5 rings (SSSR count). The van der Waals surface area contributed by atoms with Gasteiger partial charge in [-0.1, -0.05) is 37.7 Å². The van der Waals surface area contributed by atoms with Gasteiger partial charge in [-0.3, -0.25) is 14.3 Å². The minimum Gasteiger partial charge on any atom is -0.342 e. The Morgan fingerprint density at radius 1 is 1.09 bits per heavy atom. The molecular formula is C22H27N7O2S. The predicted octanol–water partition coefficient (Wildman–Crippen LogP) is 2.57. The van der Waals surface area contributed by atoms with E-state index < -0.39 is 11.2 Å². The van der Waals surface area contributed by atoms with Gasteiger partial charge in [0.25, 0.3) is 5.56 Å². The largest absolute Gasteiger partial charge is 0.342 e. The minimum atomic E-state index is -0.448. The second-order valence-electron chi connectivity index (χ2n) is 8.81. The van der Waals surface area contributed by atoms with Crippen molar-refractivity contribution in [2.45, 2.75) is 32.0 Å². The smallest absolute Gasteiger partial charge is 0.329 e. The summed E-state index contributed by atoms with van der Waals surface area (Å²) in [6.07, 6.45) is 1.18. The molecule has 0 spiro atoms. The highest BCUT2D eigenvalue weighted by Gasteiger charge is 2.27. The molecule has 0 amide bonds. The SMILES string of the molecule is CC1CC(C)CN(c2nc3c(c(=O)[nH]c(=O)n3C)n2CCSc2nc3ccccc3[nH]2)C1. The summed E-state index contributed by atoms with van der Waals surface area (Å²) in [6, 6.07) is 7.94. The third-order valence-corrected chi connectivity index (χ3v) is 6.91. The van der Waals surface area contributed by atoms with Gasteiger partial charge in [0.15, 0.2) is 16.3 Å². The van der Waals surface area contributed by atoms with Crippen molar-refractivity contribution in [1.29, 1.82) is 0 Å². The molecule has 2 N–H and O–H groups in total. The number of hydrogen-bond donors (Lipinski definition) is 2. The molecule has 1 aromatic carbocycles. The summed E-state index contributed by atoms with van der Waals surface area (Å²) in [6.45, 7) is 6.84. The van der Waals surface area contributed by atoms with Gasteiger partial charge in [-0.05, 0) is 30.4 Å². The van der Waals surface area contributed by atoms with Crippen LogP contribution >= 0.6 is 11.8 Å². The summed E-state index contributed by atoms with van der Waals surface area (Å²) in [4.78, 5) is 42.4. The van der Waals surface area contributed by atoms with Gasteiger partial charge < -0.3 is 14.5 Å². The van der Waals surface area contributed by atoms with Crippen LogP contribution in [0, 0.1) is 11.8 Å². The highest BCUT2D eigenvalue weighted by molar-refractivity contribution is 7.99. The summed E-state index contributed by atoms with van der Waals surface area (Å²) >= 11 is 1.61. The van der Waals surface area contributed by atoms with Crippen LogP contribution in [0.1, 0.15) is 20.3 Å². The Morgan fingerprint density at radius 2 is 1.84 bits per heavy atom. The quantitative estimate of drug-likeness (QED) is 0.450. The summed E-state index contributed by atoms with van der Waals surface area (Å²) in [5.41, 5.74) is 1.97. The van der Waals surface area contributed by atoms with Crippen molar-refractivity contribution in [3.8, 4) is 0 Å². The molecule has 168 valence electrons. The lowest BCUT2D eigenvalue weighted by Gasteiger charge is -2.35. The van der Waals surface area contributed by atoms with Crippen LogP contribution in [0.4, 0.5) is 5.95 Å². The van der Waals surface area contributed by atoms with Gasteiger partial charge in [-0.15, -0.1) is 0 Å². The maximum Gasteiger partial charge on any atom is 0.329 e. The summed E-state index contributed by atoms with van der Waals surface area (Å²) in [5.74, 6) is 2.55. The molecular weight excluding hydrogens is 426 g/mol. The number of piperidine rings is 1. The number of aromatic nitrogens is 6. The monoisotopic (exact) mass is 453 g/mol. The van der Waals surface area contributed by atoms with E-state index in [0.29, 0.717) is 35.3 Å². The Labute approximate surface area is 188 Å². The van der Waals surface area contributed by atoms with E-state index in [-0.39, 0.29) is 0 Å². The van der Waals surface area contributed by atoms with E-state index in [1.165, 1.54) is 11.0 Å². The van der Waals surface area contributed by atoms with Gasteiger partial charge in [0.05, 0.1) is 11.0 Å². The number of para-hydroxylation sites is 2. The molecule has 2 unspecified atom stereocenters. The first kappa shape index (κ1) is 20.9. The molecule has 0 saturated carbocycles. The van der Waals surface area contributed by atoms with E-state index in [9.17, 15) is 9.59 Å². The second kappa shape index (κ2) is 8.16. The summed E-state index contributed by atoms with van der Waals surface area (Å²) in [5, 5.41) is 0.846. The number of H-pyrrole nitrogens is 2. The topological polar surface area (TPSA) is 105 Å². The molecule has 4 heterocycles. The van der Waals surface area contributed by atoms with Gasteiger partial charge >= 0.3 is 5.69 Å². The Bertz CT molecular complexity index is 1360. The molecule has 4 aromatic rings. The number of hydrogen-bond acceptors (Lipinski definition) is 6. The Kier molecular flexibility index (Phi) is 5.32. The van der Waals surface area contributed by atoms with Crippen molar-refractivity contribution in [1.82, 2.24) is 29.1 Å². The number of thioether (sulfide) groups is 1. The maximum atomic E-state index is 12.8. The van der Waals surface area contributed by atoms with Crippen LogP contribution in [-0.4, -0.2) is 47.9 Å². The molecule has 1 saturated heterocycles. The van der Waals surface area contributed by atoms with Gasteiger partial charge in [0.1, 0.15) is 0 Å². The number of aromatic amines is 2. The highest BCUT2D eigenvalue weighted by Crippen LogP contribution is 2.28. The molecule has 2 atom stereocenters. The van der Waals surface area contributed by atoms with Gasteiger partial charge in [0.2, 0.25) is 5.95 Å². The normalized spacial score (nSPS) is 19.3. The van der Waals surface area contributed by atoms with Crippen LogP contribution in [0.15, 0.2) is 39.0 Å². The number of nitrogens with one attached hydrogen (secondary N) is 2. The fraction of sp³-hybridized carbons (Fsp3) is 0.455. The molecule has 32 heavy (non-hydrogen) atoms. The number of imidazole rings is 2. The van der Waals surface area contributed by atoms with Gasteiger partial charge in [0, 0.05) is 32.4 Å². The van der Waals surface area contributed by atoms with Crippen LogP contribution in [0.3, 0.4) is 0 Å². The first-order valence-electron chi connectivity index (χ1n) is 10.9. The maximum absolute atomic E-state index is 12.8. The van der Waals surface area contributed by atoms with Crippen molar-refractivity contribution in [2.24, 2.45) is 18.9 Å². The Hall–Kier alpha value is -3.01. The number of anilines is 1. The molecule has 1 fully saturated rings. The van der Waals surface area contributed by atoms with E-state index in [4.69, 9.17) is 4.98 Å². The van der Waals surface area contributed by atoms with Crippen LogP contribution in [0.25, 0.3) is 22.2 Å². The lowest BCUT2D eigenvalue weighted by Crippen LogP contribution is -2.40. The number of fused-ring (bicyclic) bond motifs is 2. The van der Waals surface area contributed by atoms with E-state index >= 15 is 0 Å². The average Bonchev–Trinajstić information content (AvgIpc) is 3.33. The predicted molar refractivity (Wildman–Crippen MR) is 128 cm³/mol. The lowest BCUT2D eigenvalue weighted by atomic mass is 9.92. The third-order valence-electron chi connectivity index (χ3n) is 6.06. The molecule has 1 aliphatic heterocycles. The third kappa shape index (κ3) is 3.72. The fourth-order valence-electron chi connectivity index (χ4n) is 4.73. The number of benzene rings is 1. The van der Waals surface area contributed by atoms with E-state index in [0.717, 1.165) is 35.2 Å². The average molecular weight is 454 g/mol. The second-order valence-corrected chi connectivity index (χ2v) is 9.90.